The molecule has 0 saturated carbocycles. The molecule has 0 radical (unpaired) electrons. The van der Waals surface area contributed by atoms with Crippen molar-refractivity contribution in [3.8, 4) is 27.7 Å². The molecule has 1 aliphatic rings. The van der Waals surface area contributed by atoms with Crippen LogP contribution in [0.4, 0.5) is 21.7 Å². The van der Waals surface area contributed by atoms with Crippen LogP contribution in [0.5, 0.6) is 5.88 Å². The number of methoxy groups -OCH3 is 1. The monoisotopic (exact) mass is 519 g/mol. The van der Waals surface area contributed by atoms with E-state index in [1.807, 2.05) is 30.3 Å². The molecule has 3 aromatic heterocycles. The number of likely N-dealkylation sites (N-methyl/N-ethyl adjacent to an activating group) is 1. The van der Waals surface area contributed by atoms with Gasteiger partial charge in [0.25, 0.3) is 0 Å². The molecule has 0 aliphatic carbocycles. The molecular formula is C27H30FN7OS. The Hall–Kier alpha value is -3.63. The fraction of sp³-hybridized carbons (Fsp3) is 0.333. The number of nitrogens with zero attached hydrogens (tertiary/aromatic N) is 6. The van der Waals surface area contributed by atoms with E-state index in [2.05, 4.69) is 39.1 Å². The Morgan fingerprint density at radius 3 is 2.59 bits per heavy atom. The number of rotatable bonds is 8. The highest BCUT2D eigenvalue weighted by molar-refractivity contribution is 7.15. The van der Waals surface area contributed by atoms with E-state index >= 15 is 0 Å². The van der Waals surface area contributed by atoms with Gasteiger partial charge in [-0.05, 0) is 50.2 Å². The van der Waals surface area contributed by atoms with Crippen LogP contribution in [0.2, 0.25) is 0 Å². The molecule has 5 rings (SSSR count). The number of aromatic nitrogens is 4. The molecule has 1 fully saturated rings. The summed E-state index contributed by atoms with van der Waals surface area (Å²) < 4.78 is 20.3. The smallest absolute Gasteiger partial charge is 0.227 e. The van der Waals surface area contributed by atoms with Crippen LogP contribution in [-0.4, -0.2) is 65.2 Å². The van der Waals surface area contributed by atoms with E-state index in [1.54, 1.807) is 30.8 Å². The summed E-state index contributed by atoms with van der Waals surface area (Å²) in [6.45, 7) is 5.60. The van der Waals surface area contributed by atoms with Gasteiger partial charge in [0.15, 0.2) is 0 Å². The van der Waals surface area contributed by atoms with E-state index in [0.717, 1.165) is 65.9 Å². The predicted molar refractivity (Wildman–Crippen MR) is 146 cm³/mol. The van der Waals surface area contributed by atoms with Crippen LogP contribution in [0, 0.1) is 5.82 Å². The van der Waals surface area contributed by atoms with Gasteiger partial charge in [-0.25, -0.2) is 24.3 Å². The largest absolute Gasteiger partial charge is 0.481 e. The summed E-state index contributed by atoms with van der Waals surface area (Å²) in [5.41, 5.74) is 3.72. The first-order valence-electron chi connectivity index (χ1n) is 12.4. The summed E-state index contributed by atoms with van der Waals surface area (Å²) >= 11 is 1.62. The van der Waals surface area contributed by atoms with Crippen LogP contribution in [-0.2, 0) is 6.42 Å². The first-order valence-corrected chi connectivity index (χ1v) is 13.2. The number of pyridine rings is 1. The van der Waals surface area contributed by atoms with Crippen molar-refractivity contribution in [3.05, 3.63) is 59.6 Å². The zero-order valence-corrected chi connectivity index (χ0v) is 22.1. The molecule has 10 heteroatoms. The molecule has 37 heavy (non-hydrogen) atoms. The normalized spacial score (nSPS) is 14.1. The van der Waals surface area contributed by atoms with Crippen LogP contribution in [0.25, 0.3) is 21.8 Å². The Balaban J connectivity index is 1.41. The Kier molecular flexibility index (Phi) is 7.57. The van der Waals surface area contributed by atoms with Gasteiger partial charge in [0.05, 0.1) is 34.1 Å². The summed E-state index contributed by atoms with van der Waals surface area (Å²) in [7, 11) is 3.68. The van der Waals surface area contributed by atoms with Gasteiger partial charge >= 0.3 is 0 Å². The molecule has 1 saturated heterocycles. The minimum absolute atomic E-state index is 0.258. The number of piperazine rings is 1. The standard InChI is InChI=1S/C27H30FN7OS/c1-4-5-24-33-25(18-8-10-29-23(16-18)36-3)26(37-24)21-9-11-30-27(32-21)31-19-6-7-22(20(28)17-19)35-14-12-34(2)13-15-35/h6-11,16-17H,4-5,12-15H2,1-3H3,(H,30,31,32). The van der Waals surface area contributed by atoms with Crippen LogP contribution < -0.4 is 15.0 Å². The topological polar surface area (TPSA) is 79.3 Å². The molecule has 192 valence electrons. The molecule has 8 nitrogen and oxygen atoms in total. The van der Waals surface area contributed by atoms with E-state index in [1.165, 1.54) is 6.07 Å². The van der Waals surface area contributed by atoms with Gasteiger partial charge in [0.1, 0.15) is 5.82 Å². The molecule has 0 bridgehead atoms. The molecule has 0 spiro atoms. The van der Waals surface area contributed by atoms with Gasteiger partial charge < -0.3 is 19.9 Å². The Labute approximate surface area is 220 Å². The maximum absolute atomic E-state index is 15.0. The van der Waals surface area contributed by atoms with Crippen molar-refractivity contribution >= 4 is 28.7 Å². The van der Waals surface area contributed by atoms with Crippen molar-refractivity contribution in [1.29, 1.82) is 0 Å². The van der Waals surface area contributed by atoms with E-state index in [-0.39, 0.29) is 5.82 Å². The third-order valence-electron chi connectivity index (χ3n) is 6.29. The summed E-state index contributed by atoms with van der Waals surface area (Å²) in [5.74, 6) is 0.667. The molecule has 0 atom stereocenters. The fourth-order valence-corrected chi connectivity index (χ4v) is 5.44. The first-order chi connectivity index (χ1) is 18.0. The van der Waals surface area contributed by atoms with Gasteiger partial charge in [-0.3, -0.25) is 0 Å². The fourth-order valence-electron chi connectivity index (χ4n) is 4.29. The van der Waals surface area contributed by atoms with Crippen LogP contribution in [0.15, 0.2) is 48.8 Å². The minimum atomic E-state index is -0.258. The zero-order chi connectivity index (χ0) is 25.8. The maximum atomic E-state index is 15.0. The van der Waals surface area contributed by atoms with Crippen molar-refractivity contribution < 1.29 is 9.13 Å². The Bertz CT molecular complexity index is 1370. The minimum Gasteiger partial charge on any atom is -0.481 e. The number of nitrogens with one attached hydrogen (secondary N) is 1. The van der Waals surface area contributed by atoms with Crippen LogP contribution >= 0.6 is 11.3 Å². The number of halogens is 1. The van der Waals surface area contributed by atoms with E-state index in [9.17, 15) is 4.39 Å². The van der Waals surface area contributed by atoms with E-state index in [0.29, 0.717) is 23.2 Å². The summed E-state index contributed by atoms with van der Waals surface area (Å²) in [4.78, 5) is 23.5. The summed E-state index contributed by atoms with van der Waals surface area (Å²) in [6, 6.07) is 10.9. The molecule has 4 aromatic rings. The number of benzene rings is 1. The third-order valence-corrected chi connectivity index (χ3v) is 7.43. The van der Waals surface area contributed by atoms with Crippen molar-refractivity contribution in [1.82, 2.24) is 24.8 Å². The quantitative estimate of drug-likeness (QED) is 0.338. The predicted octanol–water partition coefficient (Wildman–Crippen LogP) is 5.26. The average molecular weight is 520 g/mol. The lowest BCUT2D eigenvalue weighted by Gasteiger charge is -2.34. The highest BCUT2D eigenvalue weighted by Gasteiger charge is 2.19. The van der Waals surface area contributed by atoms with Crippen LogP contribution in [0.3, 0.4) is 0 Å². The molecule has 0 amide bonds. The Morgan fingerprint density at radius 2 is 1.84 bits per heavy atom. The highest BCUT2D eigenvalue weighted by atomic mass is 32.1. The third kappa shape index (κ3) is 5.70. The number of ether oxygens (including phenoxy) is 1. The lowest BCUT2D eigenvalue weighted by molar-refractivity contribution is 0.311. The number of hydrogen-bond donors (Lipinski definition) is 1. The van der Waals surface area contributed by atoms with Crippen LogP contribution in [0.1, 0.15) is 18.4 Å². The Morgan fingerprint density at radius 1 is 1.03 bits per heavy atom. The van der Waals surface area contributed by atoms with Crippen molar-refractivity contribution in [2.75, 3.05) is 50.6 Å². The number of thiazole rings is 1. The van der Waals surface area contributed by atoms with Gasteiger partial charge in [-0.2, -0.15) is 0 Å². The average Bonchev–Trinajstić information content (AvgIpc) is 3.34. The van der Waals surface area contributed by atoms with Gasteiger partial charge in [0.2, 0.25) is 11.8 Å². The number of anilines is 3. The SMILES string of the molecule is CCCc1nc(-c2ccnc(OC)c2)c(-c2ccnc(Nc3ccc(N4CCN(C)CC4)c(F)c3)n2)s1. The molecule has 1 aromatic carbocycles. The van der Waals surface area contributed by atoms with Gasteiger partial charge in [0, 0.05) is 55.9 Å². The van der Waals surface area contributed by atoms with Crippen molar-refractivity contribution in [3.63, 3.8) is 0 Å². The summed E-state index contributed by atoms with van der Waals surface area (Å²) in [5, 5.41) is 4.21. The zero-order valence-electron chi connectivity index (χ0n) is 21.2. The number of aryl methyl sites for hydroxylation is 1. The second kappa shape index (κ2) is 11.2. The maximum Gasteiger partial charge on any atom is 0.227 e. The lowest BCUT2D eigenvalue weighted by atomic mass is 10.1. The second-order valence-electron chi connectivity index (χ2n) is 8.97. The number of hydrogen-bond acceptors (Lipinski definition) is 9. The van der Waals surface area contributed by atoms with Gasteiger partial charge in [-0.15, -0.1) is 11.3 Å². The molecule has 4 heterocycles. The van der Waals surface area contributed by atoms with Crippen molar-refractivity contribution in [2.24, 2.45) is 0 Å². The summed E-state index contributed by atoms with van der Waals surface area (Å²) in [6.07, 6.45) is 5.30. The van der Waals surface area contributed by atoms with Gasteiger partial charge in [-0.1, -0.05) is 6.92 Å². The lowest BCUT2D eigenvalue weighted by Crippen LogP contribution is -2.44. The molecule has 1 aliphatic heterocycles. The molecule has 0 unspecified atom stereocenters. The molecular weight excluding hydrogens is 489 g/mol. The molecule has 1 N–H and O–H groups in total. The first kappa shape index (κ1) is 25.0. The highest BCUT2D eigenvalue weighted by Crippen LogP contribution is 2.37. The second-order valence-corrected chi connectivity index (χ2v) is 10.1. The van der Waals surface area contributed by atoms with E-state index < -0.39 is 0 Å². The van der Waals surface area contributed by atoms with E-state index in [4.69, 9.17) is 14.7 Å². The van der Waals surface area contributed by atoms with Crippen molar-refractivity contribution in [2.45, 2.75) is 19.8 Å².